The van der Waals surface area contributed by atoms with Crippen molar-refractivity contribution >= 4 is 51.9 Å². The smallest absolute Gasteiger partial charge is 0.266 e. The summed E-state index contributed by atoms with van der Waals surface area (Å²) >= 11 is 7.85. The van der Waals surface area contributed by atoms with Crippen LogP contribution in [0.5, 0.6) is 5.75 Å². The lowest BCUT2D eigenvalue weighted by atomic mass is 10.1. The van der Waals surface area contributed by atoms with E-state index in [-0.39, 0.29) is 11.3 Å². The summed E-state index contributed by atoms with van der Waals surface area (Å²) in [6.45, 7) is 0. The van der Waals surface area contributed by atoms with Gasteiger partial charge in [0.15, 0.2) is 0 Å². The molecular formula is C16H10ClIN2O2. The van der Waals surface area contributed by atoms with Crippen LogP contribution in [0.2, 0.25) is 5.02 Å². The summed E-state index contributed by atoms with van der Waals surface area (Å²) in [5.41, 5.74) is 0.771. The topological polar surface area (TPSA) is 73.1 Å². The molecule has 2 rings (SSSR count). The predicted octanol–water partition coefficient (Wildman–Crippen LogP) is 4.20. The minimum Gasteiger partial charge on any atom is -0.506 e. The summed E-state index contributed by atoms with van der Waals surface area (Å²) in [6, 6.07) is 13.7. The van der Waals surface area contributed by atoms with Gasteiger partial charge in [0.1, 0.15) is 17.4 Å². The van der Waals surface area contributed by atoms with Gasteiger partial charge >= 0.3 is 0 Å². The first kappa shape index (κ1) is 16.3. The molecule has 0 spiro atoms. The number of nitrogens with zero attached hydrogens (tertiary/aromatic N) is 1. The molecule has 0 aliphatic heterocycles. The summed E-state index contributed by atoms with van der Waals surface area (Å²) in [5.74, 6) is -0.576. The second-order valence-corrected chi connectivity index (χ2v) is 5.91. The van der Waals surface area contributed by atoms with E-state index in [0.717, 1.165) is 0 Å². The number of benzene rings is 2. The normalized spacial score (nSPS) is 10.9. The van der Waals surface area contributed by atoms with E-state index in [1.807, 2.05) is 34.7 Å². The summed E-state index contributed by atoms with van der Waals surface area (Å²) in [5, 5.41) is 22.2. The minimum atomic E-state index is -0.553. The van der Waals surface area contributed by atoms with Crippen LogP contribution < -0.4 is 5.32 Å². The molecule has 110 valence electrons. The first-order chi connectivity index (χ1) is 10.5. The van der Waals surface area contributed by atoms with Crippen molar-refractivity contribution < 1.29 is 9.90 Å². The molecule has 0 aromatic heterocycles. The van der Waals surface area contributed by atoms with Crippen LogP contribution in [-0.4, -0.2) is 11.0 Å². The van der Waals surface area contributed by atoms with E-state index in [2.05, 4.69) is 5.32 Å². The zero-order chi connectivity index (χ0) is 16.1. The standard InChI is InChI=1S/C16H10ClIN2O2/c17-12-7-10(15(21)14(18)8-12)6-11(9-19)16(22)20-13-4-2-1-3-5-13/h1-8,21H,(H,20,22)/b11-6+. The molecule has 2 N–H and O–H groups in total. The Hall–Kier alpha value is -2.04. The van der Waals surface area contributed by atoms with E-state index in [1.165, 1.54) is 12.1 Å². The molecule has 1 amide bonds. The van der Waals surface area contributed by atoms with Crippen molar-refractivity contribution in [3.05, 3.63) is 62.2 Å². The van der Waals surface area contributed by atoms with Crippen LogP contribution in [-0.2, 0) is 4.79 Å². The van der Waals surface area contributed by atoms with Gasteiger partial charge in [0.2, 0.25) is 0 Å². The number of carbonyl (C=O) groups is 1. The summed E-state index contributed by atoms with van der Waals surface area (Å²) < 4.78 is 0.539. The molecule has 0 unspecified atom stereocenters. The molecule has 0 heterocycles. The number of carbonyl (C=O) groups excluding carboxylic acids is 1. The number of hydrogen-bond acceptors (Lipinski definition) is 3. The second-order valence-electron chi connectivity index (χ2n) is 4.32. The largest absolute Gasteiger partial charge is 0.506 e. The highest BCUT2D eigenvalue weighted by atomic mass is 127. The average molecular weight is 425 g/mol. The Labute approximate surface area is 146 Å². The molecule has 0 radical (unpaired) electrons. The third kappa shape index (κ3) is 4.00. The monoisotopic (exact) mass is 424 g/mol. The predicted molar refractivity (Wildman–Crippen MR) is 94.5 cm³/mol. The molecule has 0 saturated heterocycles. The highest BCUT2D eigenvalue weighted by Gasteiger charge is 2.12. The molecule has 0 atom stereocenters. The van der Waals surface area contributed by atoms with Gasteiger partial charge in [0.05, 0.1) is 3.57 Å². The van der Waals surface area contributed by atoms with Crippen LogP contribution in [0.4, 0.5) is 5.69 Å². The number of rotatable bonds is 3. The first-order valence-corrected chi connectivity index (χ1v) is 7.63. The maximum absolute atomic E-state index is 12.1. The molecular weight excluding hydrogens is 415 g/mol. The van der Waals surface area contributed by atoms with Gasteiger partial charge in [-0.15, -0.1) is 0 Å². The summed E-state index contributed by atoms with van der Waals surface area (Å²) in [7, 11) is 0. The SMILES string of the molecule is N#C/C(=C\c1cc(Cl)cc(I)c1O)C(=O)Nc1ccccc1. The van der Waals surface area contributed by atoms with Crippen molar-refractivity contribution in [2.75, 3.05) is 5.32 Å². The van der Waals surface area contributed by atoms with Gasteiger partial charge in [0.25, 0.3) is 5.91 Å². The molecule has 2 aromatic carbocycles. The number of hydrogen-bond donors (Lipinski definition) is 2. The number of para-hydroxylation sites is 1. The van der Waals surface area contributed by atoms with Crippen molar-refractivity contribution in [1.82, 2.24) is 0 Å². The number of anilines is 1. The summed E-state index contributed by atoms with van der Waals surface area (Å²) in [4.78, 5) is 12.1. The lowest BCUT2D eigenvalue weighted by molar-refractivity contribution is -0.112. The van der Waals surface area contributed by atoms with Crippen molar-refractivity contribution in [1.29, 1.82) is 5.26 Å². The second kappa shape index (κ2) is 7.29. The van der Waals surface area contributed by atoms with E-state index in [1.54, 1.807) is 30.3 Å². The Morgan fingerprint density at radius 2 is 2.00 bits per heavy atom. The van der Waals surface area contributed by atoms with Crippen LogP contribution in [0.1, 0.15) is 5.56 Å². The number of halogens is 2. The maximum Gasteiger partial charge on any atom is 0.266 e. The van der Waals surface area contributed by atoms with E-state index < -0.39 is 5.91 Å². The highest BCUT2D eigenvalue weighted by Crippen LogP contribution is 2.30. The van der Waals surface area contributed by atoms with Gasteiger partial charge in [0, 0.05) is 16.3 Å². The van der Waals surface area contributed by atoms with E-state index in [0.29, 0.717) is 19.8 Å². The third-order valence-electron chi connectivity index (χ3n) is 2.75. The molecule has 6 heteroatoms. The third-order valence-corrected chi connectivity index (χ3v) is 3.79. The van der Waals surface area contributed by atoms with Crippen LogP contribution in [0, 0.1) is 14.9 Å². The first-order valence-electron chi connectivity index (χ1n) is 6.17. The highest BCUT2D eigenvalue weighted by molar-refractivity contribution is 14.1. The fourth-order valence-corrected chi connectivity index (χ4v) is 2.78. The van der Waals surface area contributed by atoms with Gasteiger partial charge in [-0.3, -0.25) is 4.79 Å². The molecule has 0 aliphatic rings. The van der Waals surface area contributed by atoms with Crippen molar-refractivity contribution in [2.24, 2.45) is 0 Å². The number of aromatic hydroxyl groups is 1. The van der Waals surface area contributed by atoms with Crippen molar-refractivity contribution in [3.63, 3.8) is 0 Å². The van der Waals surface area contributed by atoms with Gasteiger partial charge < -0.3 is 10.4 Å². The van der Waals surface area contributed by atoms with E-state index in [4.69, 9.17) is 16.9 Å². The number of phenols is 1. The fourth-order valence-electron chi connectivity index (χ4n) is 1.72. The van der Waals surface area contributed by atoms with Crippen molar-refractivity contribution in [3.8, 4) is 11.8 Å². The van der Waals surface area contributed by atoms with E-state index in [9.17, 15) is 9.90 Å². The zero-order valence-corrected chi connectivity index (χ0v) is 14.1. The molecule has 0 fully saturated rings. The van der Waals surface area contributed by atoms with Gasteiger partial charge in [-0.05, 0) is 52.9 Å². The molecule has 0 aliphatic carbocycles. The molecule has 0 saturated carbocycles. The molecule has 0 bridgehead atoms. The maximum atomic E-state index is 12.1. The minimum absolute atomic E-state index is 0.0229. The van der Waals surface area contributed by atoms with Crippen LogP contribution >= 0.6 is 34.2 Å². The van der Waals surface area contributed by atoms with Gasteiger partial charge in [-0.1, -0.05) is 29.8 Å². The fraction of sp³-hybridized carbons (Fsp3) is 0. The Balaban J connectivity index is 2.32. The number of phenolic OH excluding ortho intramolecular Hbond substituents is 1. The summed E-state index contributed by atoms with van der Waals surface area (Å²) in [6.07, 6.45) is 1.31. The Kier molecular flexibility index (Phi) is 5.41. The Bertz CT molecular complexity index is 783. The number of amides is 1. The number of nitriles is 1. The Morgan fingerprint density at radius 1 is 1.32 bits per heavy atom. The number of nitrogens with one attached hydrogen (secondary N) is 1. The average Bonchev–Trinajstić information content (AvgIpc) is 2.50. The lowest BCUT2D eigenvalue weighted by Gasteiger charge is -2.06. The molecule has 4 nitrogen and oxygen atoms in total. The van der Waals surface area contributed by atoms with Gasteiger partial charge in [-0.2, -0.15) is 5.26 Å². The molecule has 2 aromatic rings. The van der Waals surface area contributed by atoms with Crippen LogP contribution in [0.25, 0.3) is 6.08 Å². The van der Waals surface area contributed by atoms with E-state index >= 15 is 0 Å². The zero-order valence-electron chi connectivity index (χ0n) is 11.2. The quantitative estimate of drug-likeness (QED) is 0.441. The Morgan fingerprint density at radius 3 is 2.64 bits per heavy atom. The van der Waals surface area contributed by atoms with Crippen LogP contribution in [0.15, 0.2) is 48.0 Å². The van der Waals surface area contributed by atoms with Crippen LogP contribution in [0.3, 0.4) is 0 Å². The molecule has 22 heavy (non-hydrogen) atoms. The van der Waals surface area contributed by atoms with Crippen molar-refractivity contribution in [2.45, 2.75) is 0 Å². The lowest BCUT2D eigenvalue weighted by Crippen LogP contribution is -2.13. The van der Waals surface area contributed by atoms with Gasteiger partial charge in [-0.25, -0.2) is 0 Å².